The molecule has 0 saturated heterocycles. The van der Waals surface area contributed by atoms with Gasteiger partial charge in [0, 0.05) is 31.0 Å². The van der Waals surface area contributed by atoms with E-state index in [-0.39, 0.29) is 24.5 Å². The first-order chi connectivity index (χ1) is 20.6. The Balaban J connectivity index is 1.30. The first-order valence-electron chi connectivity index (χ1n) is 14.4. The van der Waals surface area contributed by atoms with Crippen molar-refractivity contribution < 1.29 is 19.4 Å². The predicted molar refractivity (Wildman–Crippen MR) is 160 cm³/mol. The number of carbonyl (C=O) groups is 1. The average molecular weight is 580 g/mol. The molecule has 1 aliphatic rings. The standard InChI is InChI=1S/C29H41N9O4/c30-12-15-41-17-18-42-16-14-32-26(40)19-21-4-6-22(7-5-21)34-28-36-27(33-20-24-3-1-2-13-31-24)37-29(38-28)35-23-8-10-25(39)11-9-23/h1-7,13,23,25,39H,8-12,14-20,30H2,(H,32,40)(H3,33,34,35,36,37,38). The molecular weight excluding hydrogens is 538 g/mol. The van der Waals surface area contributed by atoms with Crippen molar-refractivity contribution in [3.8, 4) is 0 Å². The van der Waals surface area contributed by atoms with Gasteiger partial charge < -0.3 is 41.6 Å². The number of carbonyl (C=O) groups excluding carboxylic acids is 1. The second-order valence-electron chi connectivity index (χ2n) is 9.99. The second-order valence-corrected chi connectivity index (χ2v) is 9.99. The molecule has 0 aliphatic heterocycles. The van der Waals surface area contributed by atoms with Crippen LogP contribution in [0.4, 0.5) is 23.5 Å². The molecule has 0 unspecified atom stereocenters. The van der Waals surface area contributed by atoms with Crippen molar-refractivity contribution in [2.24, 2.45) is 5.73 Å². The number of pyridine rings is 1. The fourth-order valence-corrected chi connectivity index (χ4v) is 4.40. The van der Waals surface area contributed by atoms with Crippen LogP contribution in [0.2, 0.25) is 0 Å². The van der Waals surface area contributed by atoms with Crippen LogP contribution in [0.25, 0.3) is 0 Å². The minimum Gasteiger partial charge on any atom is -0.393 e. The van der Waals surface area contributed by atoms with Gasteiger partial charge in [0.25, 0.3) is 0 Å². The predicted octanol–water partition coefficient (Wildman–Crippen LogP) is 1.99. The van der Waals surface area contributed by atoms with E-state index in [1.807, 2.05) is 42.5 Å². The van der Waals surface area contributed by atoms with Crippen molar-refractivity contribution in [2.45, 2.75) is 50.8 Å². The maximum atomic E-state index is 12.3. The number of anilines is 4. The van der Waals surface area contributed by atoms with Crippen LogP contribution >= 0.6 is 0 Å². The van der Waals surface area contributed by atoms with Crippen molar-refractivity contribution in [1.29, 1.82) is 0 Å². The summed E-state index contributed by atoms with van der Waals surface area (Å²) in [4.78, 5) is 30.3. The van der Waals surface area contributed by atoms with E-state index in [4.69, 9.17) is 15.2 Å². The number of hydrogen-bond acceptors (Lipinski definition) is 12. The van der Waals surface area contributed by atoms with Gasteiger partial charge >= 0.3 is 0 Å². The van der Waals surface area contributed by atoms with Crippen LogP contribution in [-0.2, 0) is 27.2 Å². The quantitative estimate of drug-likeness (QED) is 0.128. The fourth-order valence-electron chi connectivity index (χ4n) is 4.40. The number of rotatable bonds is 17. The smallest absolute Gasteiger partial charge is 0.233 e. The van der Waals surface area contributed by atoms with Crippen LogP contribution in [0.5, 0.6) is 0 Å². The monoisotopic (exact) mass is 579 g/mol. The van der Waals surface area contributed by atoms with Crippen LogP contribution in [0.3, 0.4) is 0 Å². The number of benzene rings is 1. The summed E-state index contributed by atoms with van der Waals surface area (Å²) in [6, 6.07) is 13.5. The van der Waals surface area contributed by atoms with Crippen LogP contribution < -0.4 is 27.0 Å². The Kier molecular flexibility index (Phi) is 12.7. The lowest BCUT2D eigenvalue weighted by Gasteiger charge is -2.26. The van der Waals surface area contributed by atoms with Gasteiger partial charge in [-0.2, -0.15) is 15.0 Å². The minimum atomic E-state index is -0.241. The molecule has 2 heterocycles. The zero-order valence-corrected chi connectivity index (χ0v) is 23.8. The zero-order valence-electron chi connectivity index (χ0n) is 23.8. The molecule has 1 fully saturated rings. The van der Waals surface area contributed by atoms with Gasteiger partial charge in [0.15, 0.2) is 0 Å². The summed E-state index contributed by atoms with van der Waals surface area (Å²) >= 11 is 0. The highest BCUT2D eigenvalue weighted by molar-refractivity contribution is 5.78. The van der Waals surface area contributed by atoms with Gasteiger partial charge in [-0.05, 0) is 55.5 Å². The van der Waals surface area contributed by atoms with E-state index in [1.165, 1.54) is 0 Å². The van der Waals surface area contributed by atoms with Gasteiger partial charge in [0.2, 0.25) is 23.8 Å². The number of nitrogens with two attached hydrogens (primary N) is 1. The maximum absolute atomic E-state index is 12.3. The third kappa shape index (κ3) is 11.2. The molecule has 2 aromatic heterocycles. The summed E-state index contributed by atoms with van der Waals surface area (Å²) < 4.78 is 10.7. The molecule has 0 radical (unpaired) electrons. The van der Waals surface area contributed by atoms with E-state index in [0.29, 0.717) is 63.9 Å². The molecule has 226 valence electrons. The number of aromatic nitrogens is 4. The average Bonchev–Trinajstić information content (AvgIpc) is 3.00. The molecule has 13 heteroatoms. The molecule has 1 saturated carbocycles. The van der Waals surface area contributed by atoms with Crippen molar-refractivity contribution in [2.75, 3.05) is 55.5 Å². The Bertz CT molecular complexity index is 1210. The lowest BCUT2D eigenvalue weighted by atomic mass is 9.93. The van der Waals surface area contributed by atoms with Crippen molar-refractivity contribution >= 4 is 29.4 Å². The summed E-state index contributed by atoms with van der Waals surface area (Å²) in [7, 11) is 0. The van der Waals surface area contributed by atoms with Crippen LogP contribution in [0.1, 0.15) is 36.9 Å². The normalized spacial score (nSPS) is 16.5. The molecule has 13 nitrogen and oxygen atoms in total. The Labute approximate surface area is 246 Å². The molecule has 4 rings (SSSR count). The Morgan fingerprint density at radius 3 is 2.38 bits per heavy atom. The van der Waals surface area contributed by atoms with Gasteiger partial charge in [0.05, 0.1) is 51.2 Å². The van der Waals surface area contributed by atoms with Gasteiger partial charge in [-0.3, -0.25) is 9.78 Å². The van der Waals surface area contributed by atoms with Crippen molar-refractivity contribution in [3.63, 3.8) is 0 Å². The van der Waals surface area contributed by atoms with Crippen LogP contribution in [-0.4, -0.2) is 82.6 Å². The molecule has 1 aliphatic carbocycles. The molecule has 42 heavy (non-hydrogen) atoms. The zero-order chi connectivity index (χ0) is 29.4. The number of amides is 1. The summed E-state index contributed by atoms with van der Waals surface area (Å²) in [5, 5.41) is 22.6. The number of aliphatic hydroxyl groups is 1. The van der Waals surface area contributed by atoms with E-state index in [2.05, 4.69) is 41.2 Å². The van der Waals surface area contributed by atoms with E-state index in [0.717, 1.165) is 42.6 Å². The second kappa shape index (κ2) is 17.1. The fraction of sp³-hybridized carbons (Fsp3) is 0.483. The lowest BCUT2D eigenvalue weighted by molar-refractivity contribution is -0.120. The molecule has 0 atom stereocenters. The Morgan fingerprint density at radius 2 is 1.64 bits per heavy atom. The maximum Gasteiger partial charge on any atom is 0.233 e. The molecule has 0 bridgehead atoms. The Morgan fingerprint density at radius 1 is 0.905 bits per heavy atom. The summed E-state index contributed by atoms with van der Waals surface area (Å²) in [5.41, 5.74) is 7.88. The third-order valence-electron chi connectivity index (χ3n) is 6.60. The van der Waals surface area contributed by atoms with Crippen molar-refractivity contribution in [3.05, 3.63) is 59.9 Å². The largest absolute Gasteiger partial charge is 0.393 e. The number of nitrogens with one attached hydrogen (secondary N) is 4. The van der Waals surface area contributed by atoms with E-state index in [1.54, 1.807) is 6.20 Å². The molecule has 7 N–H and O–H groups in total. The molecule has 0 spiro atoms. The van der Waals surface area contributed by atoms with E-state index in [9.17, 15) is 9.90 Å². The first kappa shape index (κ1) is 31.0. The van der Waals surface area contributed by atoms with Gasteiger partial charge in [-0.1, -0.05) is 18.2 Å². The molecular formula is C29H41N9O4. The number of aliphatic hydroxyl groups excluding tert-OH is 1. The van der Waals surface area contributed by atoms with Crippen LogP contribution in [0.15, 0.2) is 48.7 Å². The summed E-state index contributed by atoms with van der Waals surface area (Å²) in [6.07, 6.45) is 4.96. The molecule has 1 amide bonds. The van der Waals surface area contributed by atoms with Gasteiger partial charge in [0.1, 0.15) is 0 Å². The molecule has 3 aromatic rings. The third-order valence-corrected chi connectivity index (χ3v) is 6.60. The number of ether oxygens (including phenoxy) is 2. The van der Waals surface area contributed by atoms with E-state index >= 15 is 0 Å². The number of nitrogens with zero attached hydrogens (tertiary/aromatic N) is 4. The minimum absolute atomic E-state index is 0.0780. The van der Waals surface area contributed by atoms with Gasteiger partial charge in [-0.15, -0.1) is 0 Å². The Hall–Kier alpha value is -3.91. The van der Waals surface area contributed by atoms with Crippen molar-refractivity contribution in [1.82, 2.24) is 25.3 Å². The molecule has 1 aromatic carbocycles. The van der Waals surface area contributed by atoms with E-state index < -0.39 is 0 Å². The van der Waals surface area contributed by atoms with Crippen LogP contribution in [0, 0.1) is 0 Å². The summed E-state index contributed by atoms with van der Waals surface area (Å²) in [6.45, 7) is 3.28. The SMILES string of the molecule is NCCOCCOCCNC(=O)Cc1ccc(Nc2nc(NCc3ccccn3)nc(NC3CCC(O)CC3)n2)cc1. The first-order valence-corrected chi connectivity index (χ1v) is 14.4. The highest BCUT2D eigenvalue weighted by Gasteiger charge is 2.20. The topological polar surface area (TPSA) is 181 Å². The highest BCUT2D eigenvalue weighted by atomic mass is 16.5. The number of hydrogen-bond donors (Lipinski definition) is 6. The lowest BCUT2D eigenvalue weighted by Crippen LogP contribution is -2.29. The summed E-state index contributed by atoms with van der Waals surface area (Å²) in [5.74, 6) is 1.17. The highest BCUT2D eigenvalue weighted by Crippen LogP contribution is 2.23. The van der Waals surface area contributed by atoms with Gasteiger partial charge in [-0.25, -0.2) is 0 Å².